The fourth-order valence-corrected chi connectivity index (χ4v) is 2.73. The first-order chi connectivity index (χ1) is 9.76. The highest BCUT2D eigenvalue weighted by molar-refractivity contribution is 5.27. The second kappa shape index (κ2) is 9.92. The molecule has 0 atom stereocenters. The van der Waals surface area contributed by atoms with Gasteiger partial charge in [-0.05, 0) is 36.9 Å². The molecule has 1 aromatic carbocycles. The normalized spacial score (nSPS) is 11.5. The molecule has 0 heterocycles. The summed E-state index contributed by atoms with van der Waals surface area (Å²) >= 11 is 0. The number of rotatable bonds is 10. The molecular weight excluding hydrogens is 248 g/mol. The van der Waals surface area contributed by atoms with E-state index in [0.29, 0.717) is 12.6 Å². The smallest absolute Gasteiger partial charge is 0.0589 e. The largest absolute Gasteiger partial charge is 0.383 e. The van der Waals surface area contributed by atoms with E-state index in [-0.39, 0.29) is 0 Å². The SMILES string of the molecule is CCC(CC)N(CCOC)Cc1ccccc1CCN. The molecule has 2 N–H and O–H groups in total. The molecule has 20 heavy (non-hydrogen) atoms. The number of methoxy groups -OCH3 is 1. The van der Waals surface area contributed by atoms with Crippen molar-refractivity contribution in [3.05, 3.63) is 35.4 Å². The molecule has 0 aliphatic rings. The van der Waals surface area contributed by atoms with Gasteiger partial charge in [-0.15, -0.1) is 0 Å². The third-order valence-corrected chi connectivity index (χ3v) is 3.95. The van der Waals surface area contributed by atoms with Crippen LogP contribution in [0, 0.1) is 0 Å². The minimum absolute atomic E-state index is 0.621. The van der Waals surface area contributed by atoms with Crippen LogP contribution < -0.4 is 5.73 Å². The van der Waals surface area contributed by atoms with Gasteiger partial charge in [0.25, 0.3) is 0 Å². The average molecular weight is 278 g/mol. The summed E-state index contributed by atoms with van der Waals surface area (Å²) in [6.07, 6.45) is 3.32. The number of hydrogen-bond acceptors (Lipinski definition) is 3. The number of nitrogens with two attached hydrogens (primary N) is 1. The fraction of sp³-hybridized carbons (Fsp3) is 0.647. The summed E-state index contributed by atoms with van der Waals surface area (Å²) in [7, 11) is 1.77. The standard InChI is InChI=1S/C17H30N2O/c1-4-17(5-2)19(12-13-20-3)14-16-9-7-6-8-15(16)10-11-18/h6-9,17H,4-5,10-14,18H2,1-3H3. The Hall–Kier alpha value is -0.900. The summed E-state index contributed by atoms with van der Waals surface area (Å²) in [5.74, 6) is 0. The second-order valence-corrected chi connectivity index (χ2v) is 5.24. The summed E-state index contributed by atoms with van der Waals surface area (Å²) in [6, 6.07) is 9.27. The van der Waals surface area contributed by atoms with Gasteiger partial charge in [0.1, 0.15) is 0 Å². The lowest BCUT2D eigenvalue weighted by molar-refractivity contribution is 0.110. The molecule has 114 valence electrons. The molecule has 0 bridgehead atoms. The van der Waals surface area contributed by atoms with Crippen LogP contribution in [0.2, 0.25) is 0 Å². The van der Waals surface area contributed by atoms with Crippen LogP contribution >= 0.6 is 0 Å². The summed E-state index contributed by atoms with van der Waals surface area (Å²) in [5.41, 5.74) is 8.50. The van der Waals surface area contributed by atoms with Crippen LogP contribution in [0.5, 0.6) is 0 Å². The topological polar surface area (TPSA) is 38.5 Å². The molecule has 0 saturated carbocycles. The zero-order valence-corrected chi connectivity index (χ0v) is 13.3. The van der Waals surface area contributed by atoms with Crippen molar-refractivity contribution in [2.75, 3.05) is 26.8 Å². The van der Waals surface area contributed by atoms with E-state index in [1.54, 1.807) is 7.11 Å². The number of benzene rings is 1. The van der Waals surface area contributed by atoms with Gasteiger partial charge in [0, 0.05) is 26.2 Å². The molecule has 0 unspecified atom stereocenters. The van der Waals surface area contributed by atoms with Crippen molar-refractivity contribution < 1.29 is 4.74 Å². The van der Waals surface area contributed by atoms with Crippen molar-refractivity contribution in [2.24, 2.45) is 5.73 Å². The summed E-state index contributed by atoms with van der Waals surface area (Å²) in [5, 5.41) is 0. The minimum Gasteiger partial charge on any atom is -0.383 e. The van der Waals surface area contributed by atoms with Crippen molar-refractivity contribution in [2.45, 2.75) is 45.7 Å². The van der Waals surface area contributed by atoms with E-state index >= 15 is 0 Å². The highest BCUT2D eigenvalue weighted by Gasteiger charge is 2.16. The minimum atomic E-state index is 0.621. The maximum absolute atomic E-state index is 5.72. The Labute approximate surface area is 124 Å². The summed E-state index contributed by atoms with van der Waals surface area (Å²) in [4.78, 5) is 2.54. The molecule has 3 nitrogen and oxygen atoms in total. The number of ether oxygens (including phenoxy) is 1. The number of nitrogens with zero attached hydrogens (tertiary/aromatic N) is 1. The van der Waals surface area contributed by atoms with E-state index in [2.05, 4.69) is 43.0 Å². The molecule has 0 amide bonds. The van der Waals surface area contributed by atoms with Gasteiger partial charge in [-0.1, -0.05) is 38.1 Å². The number of hydrogen-bond donors (Lipinski definition) is 1. The molecule has 3 heteroatoms. The first kappa shape index (κ1) is 17.2. The van der Waals surface area contributed by atoms with Gasteiger partial charge in [0.05, 0.1) is 6.61 Å². The molecule has 0 spiro atoms. The highest BCUT2D eigenvalue weighted by atomic mass is 16.5. The van der Waals surface area contributed by atoms with E-state index < -0.39 is 0 Å². The maximum Gasteiger partial charge on any atom is 0.0589 e. The molecule has 1 rings (SSSR count). The first-order valence-electron chi connectivity index (χ1n) is 7.76. The second-order valence-electron chi connectivity index (χ2n) is 5.24. The molecule has 0 radical (unpaired) electrons. The fourth-order valence-electron chi connectivity index (χ4n) is 2.73. The predicted molar refractivity (Wildman–Crippen MR) is 85.9 cm³/mol. The van der Waals surface area contributed by atoms with Gasteiger partial charge in [0.15, 0.2) is 0 Å². The molecule has 1 aromatic rings. The van der Waals surface area contributed by atoms with Crippen molar-refractivity contribution in [3.8, 4) is 0 Å². The van der Waals surface area contributed by atoms with Gasteiger partial charge in [-0.25, -0.2) is 0 Å². The Balaban J connectivity index is 2.82. The lowest BCUT2D eigenvalue weighted by Gasteiger charge is -2.31. The molecular formula is C17H30N2O. The van der Waals surface area contributed by atoms with E-state index in [0.717, 1.165) is 26.1 Å². The van der Waals surface area contributed by atoms with E-state index in [1.807, 2.05) is 0 Å². The van der Waals surface area contributed by atoms with Gasteiger partial charge in [0.2, 0.25) is 0 Å². The molecule has 0 aliphatic carbocycles. The van der Waals surface area contributed by atoms with E-state index in [9.17, 15) is 0 Å². The predicted octanol–water partition coefficient (Wildman–Crippen LogP) is 2.82. The van der Waals surface area contributed by atoms with Crippen LogP contribution in [0.1, 0.15) is 37.8 Å². The molecule has 0 aliphatic heterocycles. The van der Waals surface area contributed by atoms with Gasteiger partial charge in [-0.3, -0.25) is 4.90 Å². The first-order valence-corrected chi connectivity index (χ1v) is 7.76. The van der Waals surface area contributed by atoms with Crippen LogP contribution in [0.3, 0.4) is 0 Å². The van der Waals surface area contributed by atoms with Crippen LogP contribution in [0.4, 0.5) is 0 Å². The van der Waals surface area contributed by atoms with Gasteiger partial charge >= 0.3 is 0 Å². The zero-order valence-electron chi connectivity index (χ0n) is 13.3. The van der Waals surface area contributed by atoms with Crippen LogP contribution in [0.25, 0.3) is 0 Å². The molecule has 0 fully saturated rings. The van der Waals surface area contributed by atoms with Crippen molar-refractivity contribution >= 4 is 0 Å². The Morgan fingerprint density at radius 2 is 1.80 bits per heavy atom. The van der Waals surface area contributed by atoms with Crippen LogP contribution in [0.15, 0.2) is 24.3 Å². The summed E-state index contributed by atoms with van der Waals surface area (Å²) < 4.78 is 5.27. The van der Waals surface area contributed by atoms with E-state index in [1.165, 1.54) is 24.0 Å². The average Bonchev–Trinajstić information content (AvgIpc) is 2.48. The van der Waals surface area contributed by atoms with E-state index in [4.69, 9.17) is 10.5 Å². The summed E-state index contributed by atoms with van der Waals surface area (Å²) in [6.45, 7) is 8.00. The Kier molecular flexibility index (Phi) is 8.51. The highest BCUT2D eigenvalue weighted by Crippen LogP contribution is 2.17. The third-order valence-electron chi connectivity index (χ3n) is 3.95. The third kappa shape index (κ3) is 5.23. The van der Waals surface area contributed by atoms with Crippen molar-refractivity contribution in [1.29, 1.82) is 0 Å². The Morgan fingerprint density at radius 1 is 1.15 bits per heavy atom. The quantitative estimate of drug-likeness (QED) is 0.715. The lowest BCUT2D eigenvalue weighted by Crippen LogP contribution is -2.36. The van der Waals surface area contributed by atoms with Gasteiger partial charge in [-0.2, -0.15) is 0 Å². The maximum atomic E-state index is 5.72. The van der Waals surface area contributed by atoms with Crippen LogP contribution in [-0.4, -0.2) is 37.7 Å². The lowest BCUT2D eigenvalue weighted by atomic mass is 10.0. The monoisotopic (exact) mass is 278 g/mol. The molecule has 0 saturated heterocycles. The molecule has 0 aromatic heterocycles. The van der Waals surface area contributed by atoms with Crippen molar-refractivity contribution in [3.63, 3.8) is 0 Å². The van der Waals surface area contributed by atoms with Crippen LogP contribution in [-0.2, 0) is 17.7 Å². The van der Waals surface area contributed by atoms with Gasteiger partial charge < -0.3 is 10.5 Å². The zero-order chi connectivity index (χ0) is 14.8. The Morgan fingerprint density at radius 3 is 2.35 bits per heavy atom. The van der Waals surface area contributed by atoms with Crippen molar-refractivity contribution in [1.82, 2.24) is 4.90 Å². The Bertz CT molecular complexity index is 364.